The summed E-state index contributed by atoms with van der Waals surface area (Å²) in [6, 6.07) is 11.2. The van der Waals surface area contributed by atoms with Crippen molar-refractivity contribution in [1.82, 2.24) is 0 Å². The van der Waals surface area contributed by atoms with Gasteiger partial charge in [-0.15, -0.1) is 13.2 Å². The number of halogens is 4. The van der Waals surface area contributed by atoms with Crippen LogP contribution in [0.15, 0.2) is 42.5 Å². The summed E-state index contributed by atoms with van der Waals surface area (Å²) in [5, 5.41) is 9.32. The molecule has 0 amide bonds. The minimum atomic E-state index is -4.75. The van der Waals surface area contributed by atoms with E-state index in [0.717, 1.165) is 12.1 Å². The number of ether oxygens (including phenoxy) is 2. The molecule has 0 saturated carbocycles. The minimum Gasteiger partial charge on any atom is -0.456 e. The summed E-state index contributed by atoms with van der Waals surface area (Å²) >= 11 is 5.80. The minimum absolute atomic E-state index is 0.217. The largest absolute Gasteiger partial charge is 0.573 e. The van der Waals surface area contributed by atoms with Crippen LogP contribution in [0.2, 0.25) is 5.02 Å². The van der Waals surface area contributed by atoms with E-state index in [1.165, 1.54) is 30.3 Å². The van der Waals surface area contributed by atoms with E-state index < -0.39 is 6.36 Å². The highest BCUT2D eigenvalue weighted by Gasteiger charge is 2.30. The van der Waals surface area contributed by atoms with Gasteiger partial charge in [0.15, 0.2) is 0 Å². The maximum absolute atomic E-state index is 12.0. The third-order valence-corrected chi connectivity index (χ3v) is 2.58. The Labute approximate surface area is 123 Å². The van der Waals surface area contributed by atoms with Crippen molar-refractivity contribution >= 4 is 11.6 Å². The highest BCUT2D eigenvalue weighted by atomic mass is 35.5. The molecule has 0 aliphatic heterocycles. The molecule has 0 N–H and O–H groups in total. The Morgan fingerprint density at radius 2 is 1.62 bits per heavy atom. The molecule has 0 atom stereocenters. The smallest absolute Gasteiger partial charge is 0.456 e. The van der Waals surface area contributed by atoms with Crippen molar-refractivity contribution in [3.8, 4) is 23.3 Å². The van der Waals surface area contributed by atoms with Crippen LogP contribution < -0.4 is 9.47 Å². The van der Waals surface area contributed by atoms with Crippen LogP contribution in [0, 0.1) is 11.3 Å². The molecule has 108 valence electrons. The van der Waals surface area contributed by atoms with Gasteiger partial charge in [0.05, 0.1) is 5.56 Å². The fraction of sp³-hybridized carbons (Fsp3) is 0.0714. The number of hydrogen-bond donors (Lipinski definition) is 0. The second-order valence-corrected chi connectivity index (χ2v) is 4.31. The quantitative estimate of drug-likeness (QED) is 0.809. The molecule has 3 nitrogen and oxygen atoms in total. The van der Waals surface area contributed by atoms with Crippen LogP contribution in [0.25, 0.3) is 0 Å². The second kappa shape index (κ2) is 5.94. The summed E-state index contributed by atoms with van der Waals surface area (Å²) in [5.74, 6) is 0.110. The Balaban J connectivity index is 2.18. The number of hydrogen-bond acceptors (Lipinski definition) is 3. The zero-order valence-corrected chi connectivity index (χ0v) is 11.1. The molecule has 2 aromatic carbocycles. The topological polar surface area (TPSA) is 42.2 Å². The van der Waals surface area contributed by atoms with Crippen LogP contribution in [0.5, 0.6) is 17.2 Å². The normalized spacial score (nSPS) is 10.8. The standard InChI is InChI=1S/C14H7ClF3NO2/c15-10-2-1-9(8-19)13(7-10)20-11-3-5-12(6-4-11)21-14(16,17)18/h1-7H. The number of alkyl halides is 3. The molecule has 0 radical (unpaired) electrons. The van der Waals surface area contributed by atoms with E-state index in [2.05, 4.69) is 4.74 Å². The average molecular weight is 314 g/mol. The van der Waals surface area contributed by atoms with E-state index in [-0.39, 0.29) is 22.8 Å². The van der Waals surface area contributed by atoms with E-state index in [0.29, 0.717) is 5.02 Å². The van der Waals surface area contributed by atoms with Gasteiger partial charge >= 0.3 is 6.36 Å². The summed E-state index contributed by atoms with van der Waals surface area (Å²) in [6.45, 7) is 0. The van der Waals surface area contributed by atoms with Gasteiger partial charge in [-0.1, -0.05) is 11.6 Å². The van der Waals surface area contributed by atoms with Crippen LogP contribution in [-0.2, 0) is 0 Å². The molecule has 0 aliphatic carbocycles. The lowest BCUT2D eigenvalue weighted by atomic mass is 10.2. The molecule has 0 bridgehead atoms. The zero-order valence-electron chi connectivity index (χ0n) is 10.3. The van der Waals surface area contributed by atoms with Crippen LogP contribution in [-0.4, -0.2) is 6.36 Å². The van der Waals surface area contributed by atoms with Crippen molar-refractivity contribution in [3.05, 3.63) is 53.1 Å². The van der Waals surface area contributed by atoms with Crippen LogP contribution in [0.3, 0.4) is 0 Å². The Bertz CT molecular complexity index is 678. The van der Waals surface area contributed by atoms with Gasteiger partial charge < -0.3 is 9.47 Å². The molecule has 0 spiro atoms. The van der Waals surface area contributed by atoms with E-state index in [4.69, 9.17) is 21.6 Å². The molecule has 0 aromatic heterocycles. The van der Waals surface area contributed by atoms with Gasteiger partial charge in [-0.25, -0.2) is 0 Å². The Kier molecular flexibility index (Phi) is 4.24. The Hall–Kier alpha value is -2.39. The summed E-state index contributed by atoms with van der Waals surface area (Å²) in [5.41, 5.74) is 0.259. The predicted octanol–water partition coefficient (Wildman–Crippen LogP) is 4.90. The summed E-state index contributed by atoms with van der Waals surface area (Å²) in [7, 11) is 0. The third kappa shape index (κ3) is 4.29. The molecule has 7 heteroatoms. The molecule has 0 unspecified atom stereocenters. The second-order valence-electron chi connectivity index (χ2n) is 3.87. The lowest BCUT2D eigenvalue weighted by Crippen LogP contribution is -2.16. The van der Waals surface area contributed by atoms with Gasteiger partial charge in [0.2, 0.25) is 0 Å². The fourth-order valence-corrected chi connectivity index (χ4v) is 1.67. The van der Waals surface area contributed by atoms with Crippen molar-refractivity contribution in [2.75, 3.05) is 0 Å². The maximum atomic E-state index is 12.0. The van der Waals surface area contributed by atoms with Crippen molar-refractivity contribution in [2.24, 2.45) is 0 Å². The van der Waals surface area contributed by atoms with E-state index in [9.17, 15) is 13.2 Å². The summed E-state index contributed by atoms with van der Waals surface area (Å²) in [4.78, 5) is 0. The average Bonchev–Trinajstić information content (AvgIpc) is 2.40. The molecular weight excluding hydrogens is 307 g/mol. The first-order valence-electron chi connectivity index (χ1n) is 5.61. The lowest BCUT2D eigenvalue weighted by Gasteiger charge is -2.10. The molecule has 0 saturated heterocycles. The molecule has 0 fully saturated rings. The first kappa shape index (κ1) is 15.0. The lowest BCUT2D eigenvalue weighted by molar-refractivity contribution is -0.274. The first-order valence-corrected chi connectivity index (χ1v) is 5.98. The van der Waals surface area contributed by atoms with Crippen LogP contribution in [0.4, 0.5) is 13.2 Å². The Morgan fingerprint density at radius 3 is 2.19 bits per heavy atom. The third-order valence-electron chi connectivity index (χ3n) is 2.35. The van der Waals surface area contributed by atoms with E-state index in [1.807, 2.05) is 6.07 Å². The summed E-state index contributed by atoms with van der Waals surface area (Å²) < 4.78 is 45.2. The van der Waals surface area contributed by atoms with Gasteiger partial charge in [0.1, 0.15) is 23.3 Å². The van der Waals surface area contributed by atoms with Gasteiger partial charge in [-0.3, -0.25) is 0 Å². The van der Waals surface area contributed by atoms with Gasteiger partial charge in [-0.05, 0) is 36.4 Å². The van der Waals surface area contributed by atoms with Crippen molar-refractivity contribution in [3.63, 3.8) is 0 Å². The first-order chi connectivity index (χ1) is 9.87. The maximum Gasteiger partial charge on any atom is 0.573 e. The monoisotopic (exact) mass is 313 g/mol. The van der Waals surface area contributed by atoms with E-state index >= 15 is 0 Å². The number of nitrogens with zero attached hydrogens (tertiary/aromatic N) is 1. The van der Waals surface area contributed by atoms with Gasteiger partial charge in [-0.2, -0.15) is 5.26 Å². The van der Waals surface area contributed by atoms with Crippen molar-refractivity contribution in [1.29, 1.82) is 5.26 Å². The number of nitriles is 1. The zero-order chi connectivity index (χ0) is 15.5. The van der Waals surface area contributed by atoms with Crippen molar-refractivity contribution < 1.29 is 22.6 Å². The highest BCUT2D eigenvalue weighted by molar-refractivity contribution is 6.30. The molecule has 0 aliphatic rings. The van der Waals surface area contributed by atoms with Crippen LogP contribution >= 0.6 is 11.6 Å². The molecule has 2 rings (SSSR count). The molecule has 0 heterocycles. The van der Waals surface area contributed by atoms with E-state index in [1.54, 1.807) is 0 Å². The highest BCUT2D eigenvalue weighted by Crippen LogP contribution is 2.30. The number of benzene rings is 2. The van der Waals surface area contributed by atoms with Crippen molar-refractivity contribution in [2.45, 2.75) is 6.36 Å². The predicted molar refractivity (Wildman–Crippen MR) is 69.4 cm³/mol. The van der Waals surface area contributed by atoms with Crippen LogP contribution in [0.1, 0.15) is 5.56 Å². The van der Waals surface area contributed by atoms with Gasteiger partial charge in [0, 0.05) is 11.1 Å². The fourth-order valence-electron chi connectivity index (χ4n) is 1.51. The SMILES string of the molecule is N#Cc1ccc(Cl)cc1Oc1ccc(OC(F)(F)F)cc1. The Morgan fingerprint density at radius 1 is 1.00 bits per heavy atom. The molecular formula is C14H7ClF3NO2. The molecule has 21 heavy (non-hydrogen) atoms. The molecule has 2 aromatic rings. The summed E-state index contributed by atoms with van der Waals surface area (Å²) in [6.07, 6.45) is -4.75. The van der Waals surface area contributed by atoms with Gasteiger partial charge in [0.25, 0.3) is 0 Å². The number of rotatable bonds is 3.